The lowest BCUT2D eigenvalue weighted by Crippen LogP contribution is -2.44. The Balaban J connectivity index is 1.85. The summed E-state index contributed by atoms with van der Waals surface area (Å²) in [6.07, 6.45) is 3.26. The van der Waals surface area contributed by atoms with Crippen LogP contribution < -0.4 is 10.6 Å². The van der Waals surface area contributed by atoms with Gasteiger partial charge in [0.2, 0.25) is 0 Å². The molecule has 1 aliphatic heterocycles. The van der Waals surface area contributed by atoms with Crippen LogP contribution in [0.25, 0.3) is 0 Å². The number of ether oxygens (including phenoxy) is 1. The number of amides is 1. The van der Waals surface area contributed by atoms with E-state index in [2.05, 4.69) is 31.8 Å². The quantitative estimate of drug-likeness (QED) is 0.509. The van der Waals surface area contributed by atoms with Gasteiger partial charge in [0.15, 0.2) is 0 Å². The highest BCUT2D eigenvalue weighted by Crippen LogP contribution is 2.14. The maximum absolute atomic E-state index is 12.2. The largest absolute Gasteiger partial charge is 0.365 e. The van der Waals surface area contributed by atoms with E-state index in [9.17, 15) is 4.79 Å². The Kier molecular flexibility index (Phi) is 5.54. The first-order valence-electron chi connectivity index (χ1n) is 6.91. The third-order valence-corrected chi connectivity index (χ3v) is 3.49. The zero-order chi connectivity index (χ0) is 15.1. The molecule has 21 heavy (non-hydrogen) atoms. The Hall–Kier alpha value is -2.11. The van der Waals surface area contributed by atoms with Gasteiger partial charge in [0.05, 0.1) is 24.5 Å². The molecule has 0 bridgehead atoms. The number of hydrogen-bond acceptors (Lipinski definition) is 6. The standard InChI is InChI=1S/C13H20N6O2/c1-21-9-15-11-8-16-18-12(11)13(20)17-10-2-5-19(6-3-10)7-4-14/h8,10,15H,2-3,5-7,9H2,1H3,(H,16,18)(H,17,20). The molecule has 0 spiro atoms. The number of aromatic amines is 1. The van der Waals surface area contributed by atoms with Crippen molar-refractivity contribution < 1.29 is 9.53 Å². The summed E-state index contributed by atoms with van der Waals surface area (Å²) in [5, 5.41) is 21.2. The monoisotopic (exact) mass is 292 g/mol. The minimum absolute atomic E-state index is 0.131. The summed E-state index contributed by atoms with van der Waals surface area (Å²) in [6.45, 7) is 2.42. The zero-order valence-corrected chi connectivity index (χ0v) is 12.1. The minimum atomic E-state index is -0.176. The average Bonchev–Trinajstić information content (AvgIpc) is 2.96. The molecule has 1 aromatic heterocycles. The van der Waals surface area contributed by atoms with Crippen LogP contribution in [0.15, 0.2) is 6.20 Å². The van der Waals surface area contributed by atoms with Crippen molar-refractivity contribution in [2.24, 2.45) is 0 Å². The van der Waals surface area contributed by atoms with Crippen LogP contribution in [0.1, 0.15) is 23.3 Å². The molecule has 3 N–H and O–H groups in total. The highest BCUT2D eigenvalue weighted by Gasteiger charge is 2.22. The molecule has 0 saturated carbocycles. The Morgan fingerprint density at radius 3 is 3.05 bits per heavy atom. The summed E-state index contributed by atoms with van der Waals surface area (Å²) in [6, 6.07) is 2.28. The highest BCUT2D eigenvalue weighted by molar-refractivity contribution is 5.97. The fourth-order valence-electron chi connectivity index (χ4n) is 2.34. The van der Waals surface area contributed by atoms with Crippen molar-refractivity contribution >= 4 is 11.6 Å². The molecule has 0 radical (unpaired) electrons. The van der Waals surface area contributed by atoms with Crippen molar-refractivity contribution in [3.63, 3.8) is 0 Å². The number of rotatable bonds is 6. The molecule has 1 aliphatic rings. The van der Waals surface area contributed by atoms with E-state index in [0.717, 1.165) is 25.9 Å². The van der Waals surface area contributed by atoms with Crippen LogP contribution >= 0.6 is 0 Å². The van der Waals surface area contributed by atoms with Gasteiger partial charge < -0.3 is 15.4 Å². The predicted octanol–water partition coefficient (Wildman–Crippen LogP) is 0.143. The van der Waals surface area contributed by atoms with Gasteiger partial charge in [0.1, 0.15) is 12.4 Å². The summed E-state index contributed by atoms with van der Waals surface area (Å²) in [4.78, 5) is 14.3. The number of methoxy groups -OCH3 is 1. The summed E-state index contributed by atoms with van der Waals surface area (Å²) in [5.41, 5.74) is 1.03. The maximum Gasteiger partial charge on any atom is 0.271 e. The number of aromatic nitrogens is 2. The fraction of sp³-hybridized carbons (Fsp3) is 0.615. The third-order valence-electron chi connectivity index (χ3n) is 3.49. The minimum Gasteiger partial charge on any atom is -0.365 e. The van der Waals surface area contributed by atoms with Crippen molar-refractivity contribution in [3.8, 4) is 6.07 Å². The SMILES string of the molecule is COCNc1cn[nH]c1C(=O)NC1CCN(CC#N)CC1. The van der Waals surface area contributed by atoms with Crippen LogP contribution in [0.2, 0.25) is 0 Å². The number of nitrogens with one attached hydrogen (secondary N) is 3. The van der Waals surface area contributed by atoms with Crippen LogP contribution in [0.4, 0.5) is 5.69 Å². The average molecular weight is 292 g/mol. The van der Waals surface area contributed by atoms with E-state index in [1.54, 1.807) is 13.3 Å². The van der Waals surface area contributed by atoms with E-state index < -0.39 is 0 Å². The third kappa shape index (κ3) is 4.18. The second-order valence-electron chi connectivity index (χ2n) is 4.95. The number of hydrogen-bond donors (Lipinski definition) is 3. The van der Waals surface area contributed by atoms with Crippen LogP contribution in [0, 0.1) is 11.3 Å². The Labute approximate surface area is 123 Å². The van der Waals surface area contributed by atoms with E-state index in [0.29, 0.717) is 24.7 Å². The van der Waals surface area contributed by atoms with Crippen molar-refractivity contribution in [2.45, 2.75) is 18.9 Å². The first kappa shape index (κ1) is 15.3. The van der Waals surface area contributed by atoms with Crippen molar-refractivity contribution in [3.05, 3.63) is 11.9 Å². The smallest absolute Gasteiger partial charge is 0.271 e. The first-order valence-corrected chi connectivity index (χ1v) is 6.91. The molecule has 0 aromatic carbocycles. The fourth-order valence-corrected chi connectivity index (χ4v) is 2.34. The number of H-pyrrole nitrogens is 1. The molecule has 1 saturated heterocycles. The molecule has 1 fully saturated rings. The number of carbonyl (C=O) groups is 1. The number of piperidine rings is 1. The molecule has 0 unspecified atom stereocenters. The zero-order valence-electron chi connectivity index (χ0n) is 12.1. The Morgan fingerprint density at radius 1 is 1.62 bits per heavy atom. The summed E-state index contributed by atoms with van der Waals surface area (Å²) in [5.74, 6) is -0.176. The number of carbonyl (C=O) groups excluding carboxylic acids is 1. The second kappa shape index (κ2) is 7.61. The van der Waals surface area contributed by atoms with E-state index in [4.69, 9.17) is 10.00 Å². The number of nitrogens with zero attached hydrogens (tertiary/aromatic N) is 3. The normalized spacial score (nSPS) is 16.4. The summed E-state index contributed by atoms with van der Waals surface area (Å²) < 4.78 is 4.92. The van der Waals surface area contributed by atoms with Crippen LogP contribution in [-0.4, -0.2) is 60.5 Å². The van der Waals surface area contributed by atoms with E-state index in [1.165, 1.54) is 0 Å². The second-order valence-corrected chi connectivity index (χ2v) is 4.95. The van der Waals surface area contributed by atoms with Gasteiger partial charge in [-0.2, -0.15) is 10.4 Å². The Morgan fingerprint density at radius 2 is 2.38 bits per heavy atom. The van der Waals surface area contributed by atoms with Crippen LogP contribution in [-0.2, 0) is 4.74 Å². The van der Waals surface area contributed by atoms with Gasteiger partial charge >= 0.3 is 0 Å². The van der Waals surface area contributed by atoms with E-state index in [1.807, 2.05) is 0 Å². The first-order chi connectivity index (χ1) is 10.2. The lowest BCUT2D eigenvalue weighted by atomic mass is 10.0. The van der Waals surface area contributed by atoms with Gasteiger partial charge in [-0.15, -0.1) is 0 Å². The van der Waals surface area contributed by atoms with Crippen LogP contribution in [0.3, 0.4) is 0 Å². The number of likely N-dealkylation sites (tertiary alicyclic amines) is 1. The molecular weight excluding hydrogens is 272 g/mol. The van der Waals surface area contributed by atoms with Gasteiger partial charge in [-0.05, 0) is 12.8 Å². The maximum atomic E-state index is 12.2. The molecular formula is C13H20N6O2. The van der Waals surface area contributed by atoms with Crippen LogP contribution in [0.5, 0.6) is 0 Å². The molecule has 1 amide bonds. The highest BCUT2D eigenvalue weighted by atomic mass is 16.5. The molecule has 8 nitrogen and oxygen atoms in total. The molecule has 0 atom stereocenters. The molecule has 0 aliphatic carbocycles. The molecule has 2 rings (SSSR count). The van der Waals surface area contributed by atoms with Gasteiger partial charge in [0, 0.05) is 26.2 Å². The van der Waals surface area contributed by atoms with Gasteiger partial charge in [-0.25, -0.2) is 0 Å². The van der Waals surface area contributed by atoms with Gasteiger partial charge in [-0.3, -0.25) is 14.8 Å². The summed E-state index contributed by atoms with van der Waals surface area (Å²) in [7, 11) is 1.57. The number of nitriles is 1. The molecule has 1 aromatic rings. The van der Waals surface area contributed by atoms with Gasteiger partial charge in [0.25, 0.3) is 5.91 Å². The molecule has 2 heterocycles. The van der Waals surface area contributed by atoms with Crippen molar-refractivity contribution in [1.29, 1.82) is 5.26 Å². The lowest BCUT2D eigenvalue weighted by molar-refractivity contribution is 0.0910. The van der Waals surface area contributed by atoms with Gasteiger partial charge in [-0.1, -0.05) is 0 Å². The summed E-state index contributed by atoms with van der Waals surface area (Å²) >= 11 is 0. The topological polar surface area (TPSA) is 106 Å². The predicted molar refractivity (Wildman–Crippen MR) is 76.6 cm³/mol. The van der Waals surface area contributed by atoms with Crippen molar-refractivity contribution in [2.75, 3.05) is 38.8 Å². The van der Waals surface area contributed by atoms with E-state index in [-0.39, 0.29) is 11.9 Å². The lowest BCUT2D eigenvalue weighted by Gasteiger charge is -2.30. The van der Waals surface area contributed by atoms with Crippen molar-refractivity contribution in [1.82, 2.24) is 20.4 Å². The Bertz CT molecular complexity index is 501. The molecule has 8 heteroatoms. The molecule has 114 valence electrons. The number of anilines is 1. The van der Waals surface area contributed by atoms with E-state index >= 15 is 0 Å².